The van der Waals surface area contributed by atoms with Crippen LogP contribution in [0.25, 0.3) is 5.69 Å². The van der Waals surface area contributed by atoms with Crippen LogP contribution in [-0.4, -0.2) is 28.7 Å². The number of aryl methyl sites for hydroxylation is 1. The molecule has 0 spiro atoms. The van der Waals surface area contributed by atoms with Crippen LogP contribution in [0.5, 0.6) is 11.5 Å². The molecular formula is C19H15ClN4O3. The summed E-state index contributed by atoms with van der Waals surface area (Å²) in [4.78, 5) is 12.3. The lowest BCUT2D eigenvalue weighted by Crippen LogP contribution is -2.17. The highest BCUT2D eigenvalue weighted by atomic mass is 35.5. The van der Waals surface area contributed by atoms with Gasteiger partial charge in [0, 0.05) is 5.56 Å². The average Bonchev–Trinajstić information content (AvgIpc) is 3.27. The second-order valence-electron chi connectivity index (χ2n) is 5.80. The molecule has 4 rings (SSSR count). The van der Waals surface area contributed by atoms with Gasteiger partial charge in [0.1, 0.15) is 5.15 Å². The number of carbonyl (C=O) groups excluding carboxylic acids is 1. The molecule has 2 heterocycles. The molecule has 1 amide bonds. The Morgan fingerprint density at radius 3 is 2.81 bits per heavy atom. The van der Waals surface area contributed by atoms with Crippen molar-refractivity contribution in [1.82, 2.24) is 15.2 Å². The summed E-state index contributed by atoms with van der Waals surface area (Å²) in [5.41, 5.74) is 5.07. The molecule has 1 aliphatic heterocycles. The van der Waals surface area contributed by atoms with Crippen molar-refractivity contribution < 1.29 is 14.3 Å². The lowest BCUT2D eigenvalue weighted by molar-refractivity contribution is 0.0954. The molecule has 1 N–H and O–H groups in total. The van der Waals surface area contributed by atoms with Crippen LogP contribution in [0.2, 0.25) is 5.15 Å². The Hall–Kier alpha value is -3.32. The van der Waals surface area contributed by atoms with Crippen molar-refractivity contribution >= 4 is 23.7 Å². The number of ether oxygens (including phenoxy) is 2. The number of halogens is 1. The smallest absolute Gasteiger partial charge is 0.271 e. The van der Waals surface area contributed by atoms with E-state index in [1.54, 1.807) is 22.9 Å². The maximum atomic E-state index is 12.3. The number of nitrogens with zero attached hydrogens (tertiary/aromatic N) is 3. The Bertz CT molecular complexity index is 1030. The van der Waals surface area contributed by atoms with Gasteiger partial charge in [0.2, 0.25) is 6.79 Å². The van der Waals surface area contributed by atoms with E-state index in [0.29, 0.717) is 33.5 Å². The van der Waals surface area contributed by atoms with Crippen LogP contribution in [0.4, 0.5) is 0 Å². The number of hydrazone groups is 1. The topological polar surface area (TPSA) is 77.7 Å². The number of fused-ring (bicyclic) bond motifs is 1. The Balaban J connectivity index is 1.50. The van der Waals surface area contributed by atoms with Crippen LogP contribution in [0.1, 0.15) is 21.6 Å². The van der Waals surface area contributed by atoms with Gasteiger partial charge in [-0.05, 0) is 37.3 Å². The summed E-state index contributed by atoms with van der Waals surface area (Å²) in [5, 5.41) is 8.85. The minimum Gasteiger partial charge on any atom is -0.454 e. The first-order valence-electron chi connectivity index (χ1n) is 8.17. The van der Waals surface area contributed by atoms with E-state index < -0.39 is 0 Å². The summed E-state index contributed by atoms with van der Waals surface area (Å²) in [6.45, 7) is 1.98. The summed E-state index contributed by atoms with van der Waals surface area (Å²) in [6.07, 6.45) is 1.48. The molecule has 136 valence electrons. The van der Waals surface area contributed by atoms with Gasteiger partial charge in [-0.2, -0.15) is 10.2 Å². The summed E-state index contributed by atoms with van der Waals surface area (Å²) < 4.78 is 12.1. The van der Waals surface area contributed by atoms with Gasteiger partial charge in [-0.15, -0.1) is 0 Å². The second-order valence-corrected chi connectivity index (χ2v) is 6.16. The zero-order valence-corrected chi connectivity index (χ0v) is 15.1. The van der Waals surface area contributed by atoms with Crippen molar-refractivity contribution in [2.24, 2.45) is 5.10 Å². The third-order valence-corrected chi connectivity index (χ3v) is 4.41. The molecule has 8 heteroatoms. The first kappa shape index (κ1) is 17.1. The van der Waals surface area contributed by atoms with Crippen LogP contribution >= 0.6 is 11.6 Å². The van der Waals surface area contributed by atoms with Gasteiger partial charge in [-0.1, -0.05) is 29.8 Å². The highest BCUT2D eigenvalue weighted by Crippen LogP contribution is 2.32. The number of benzene rings is 2. The van der Waals surface area contributed by atoms with Gasteiger partial charge in [0.15, 0.2) is 11.5 Å². The summed E-state index contributed by atoms with van der Waals surface area (Å²) in [6, 6.07) is 14.5. The number of rotatable bonds is 4. The van der Waals surface area contributed by atoms with Gasteiger partial charge in [-0.25, -0.2) is 10.1 Å². The molecular weight excluding hydrogens is 368 g/mol. The Labute approximate surface area is 160 Å². The molecule has 7 nitrogen and oxygen atoms in total. The molecule has 0 aliphatic carbocycles. The van der Waals surface area contributed by atoms with E-state index in [2.05, 4.69) is 15.6 Å². The monoisotopic (exact) mass is 382 g/mol. The van der Waals surface area contributed by atoms with E-state index in [9.17, 15) is 4.79 Å². The number of hydrogen-bond donors (Lipinski definition) is 1. The number of aromatic nitrogens is 2. The highest BCUT2D eigenvalue weighted by Gasteiger charge is 2.16. The lowest BCUT2D eigenvalue weighted by Gasteiger charge is -2.02. The SMILES string of the molecule is Cc1nn(-c2ccccc2)c(Cl)c1C=NNC(=O)c1ccc2c(c1)OCO2. The molecule has 0 atom stereocenters. The molecule has 0 saturated carbocycles. The zero-order valence-electron chi connectivity index (χ0n) is 14.3. The summed E-state index contributed by atoms with van der Waals surface area (Å²) in [7, 11) is 0. The van der Waals surface area contributed by atoms with Crippen molar-refractivity contribution in [3.05, 3.63) is 70.5 Å². The van der Waals surface area contributed by atoms with Crippen LogP contribution in [0.15, 0.2) is 53.6 Å². The third-order valence-electron chi connectivity index (χ3n) is 4.04. The zero-order chi connectivity index (χ0) is 18.8. The second kappa shape index (κ2) is 7.13. The van der Waals surface area contributed by atoms with Crippen molar-refractivity contribution in [2.45, 2.75) is 6.92 Å². The maximum Gasteiger partial charge on any atom is 0.271 e. The van der Waals surface area contributed by atoms with E-state index >= 15 is 0 Å². The lowest BCUT2D eigenvalue weighted by atomic mass is 10.2. The average molecular weight is 383 g/mol. The van der Waals surface area contributed by atoms with Gasteiger partial charge in [-0.3, -0.25) is 4.79 Å². The predicted octanol–water partition coefficient (Wildman–Crippen LogP) is 3.33. The van der Waals surface area contributed by atoms with E-state index in [1.165, 1.54) is 6.21 Å². The fraction of sp³-hybridized carbons (Fsp3) is 0.105. The van der Waals surface area contributed by atoms with E-state index in [0.717, 1.165) is 5.69 Å². The fourth-order valence-corrected chi connectivity index (χ4v) is 2.98. The molecule has 1 aromatic heterocycles. The summed E-state index contributed by atoms with van der Waals surface area (Å²) in [5.74, 6) is 0.786. The fourth-order valence-electron chi connectivity index (χ4n) is 2.66. The van der Waals surface area contributed by atoms with Crippen LogP contribution < -0.4 is 14.9 Å². The third kappa shape index (κ3) is 3.37. The predicted molar refractivity (Wildman–Crippen MR) is 101 cm³/mol. The maximum absolute atomic E-state index is 12.3. The minimum absolute atomic E-state index is 0.155. The van der Waals surface area contributed by atoms with Crippen LogP contribution in [-0.2, 0) is 0 Å². The molecule has 2 aromatic carbocycles. The van der Waals surface area contributed by atoms with Crippen LogP contribution in [0.3, 0.4) is 0 Å². The Morgan fingerprint density at radius 1 is 1.22 bits per heavy atom. The molecule has 0 saturated heterocycles. The van der Waals surface area contributed by atoms with Gasteiger partial charge < -0.3 is 9.47 Å². The van der Waals surface area contributed by atoms with E-state index in [1.807, 2.05) is 37.3 Å². The van der Waals surface area contributed by atoms with Gasteiger partial charge in [0.25, 0.3) is 5.91 Å². The molecule has 1 aliphatic rings. The largest absolute Gasteiger partial charge is 0.454 e. The standard InChI is InChI=1S/C19H15ClN4O3/c1-12-15(18(20)24(23-12)14-5-3-2-4-6-14)10-21-22-19(25)13-7-8-16-17(9-13)27-11-26-16/h2-10H,11H2,1H3,(H,22,25). The first-order valence-corrected chi connectivity index (χ1v) is 8.55. The Morgan fingerprint density at radius 2 is 2.00 bits per heavy atom. The summed E-state index contributed by atoms with van der Waals surface area (Å²) >= 11 is 6.43. The van der Waals surface area contributed by atoms with Gasteiger partial charge in [0.05, 0.1) is 23.2 Å². The van der Waals surface area contributed by atoms with Crippen molar-refractivity contribution in [3.63, 3.8) is 0 Å². The van der Waals surface area contributed by atoms with Crippen molar-refractivity contribution in [2.75, 3.05) is 6.79 Å². The number of amides is 1. The van der Waals surface area contributed by atoms with Crippen LogP contribution in [0, 0.1) is 6.92 Å². The normalized spacial score (nSPS) is 12.5. The first-order chi connectivity index (χ1) is 13.1. The number of nitrogens with one attached hydrogen (secondary N) is 1. The highest BCUT2D eigenvalue weighted by molar-refractivity contribution is 6.32. The van der Waals surface area contributed by atoms with E-state index in [4.69, 9.17) is 21.1 Å². The number of para-hydroxylation sites is 1. The van der Waals surface area contributed by atoms with E-state index in [-0.39, 0.29) is 12.7 Å². The molecule has 0 fully saturated rings. The molecule has 0 unspecified atom stereocenters. The molecule has 0 bridgehead atoms. The molecule has 0 radical (unpaired) electrons. The molecule has 27 heavy (non-hydrogen) atoms. The van der Waals surface area contributed by atoms with Gasteiger partial charge >= 0.3 is 0 Å². The number of carbonyl (C=O) groups is 1. The van der Waals surface area contributed by atoms with Crippen molar-refractivity contribution in [3.8, 4) is 17.2 Å². The quantitative estimate of drug-likeness (QED) is 0.554. The van der Waals surface area contributed by atoms with Crippen molar-refractivity contribution in [1.29, 1.82) is 0 Å². The minimum atomic E-state index is -0.367. The number of hydrogen-bond acceptors (Lipinski definition) is 5. The molecule has 3 aromatic rings. The Kier molecular flexibility index (Phi) is 4.52.